The van der Waals surface area contributed by atoms with Crippen molar-refractivity contribution in [3.63, 3.8) is 0 Å². The normalized spacial score (nSPS) is 11.3. The van der Waals surface area contributed by atoms with Crippen LogP contribution in [0, 0.1) is 0 Å². The van der Waals surface area contributed by atoms with Crippen molar-refractivity contribution in [3.05, 3.63) is 194 Å². The number of hydrogen-bond acceptors (Lipinski definition) is 5. The molecule has 0 amide bonds. The minimum atomic E-state index is 0.587. The summed E-state index contributed by atoms with van der Waals surface area (Å²) in [6.45, 7) is 0. The van der Waals surface area contributed by atoms with Crippen LogP contribution in [0.5, 0.6) is 0 Å². The Morgan fingerprint density at radius 2 is 0.907 bits per heavy atom. The van der Waals surface area contributed by atoms with E-state index < -0.39 is 0 Å². The maximum atomic E-state index is 6.52. The molecule has 0 N–H and O–H groups in total. The highest BCUT2D eigenvalue weighted by molar-refractivity contribution is 6.07. The summed E-state index contributed by atoms with van der Waals surface area (Å²) in [4.78, 5) is 17.3. The number of para-hydroxylation sites is 1. The topological polar surface area (TPSA) is 55.1 Å². The minimum absolute atomic E-state index is 0.587. The number of furan rings is 1. The van der Waals surface area contributed by atoms with Crippen LogP contribution in [0.1, 0.15) is 0 Å². The summed E-state index contributed by atoms with van der Waals surface area (Å²) < 4.78 is 6.52. The van der Waals surface area contributed by atoms with Gasteiger partial charge in [-0.2, -0.15) is 0 Å². The van der Waals surface area contributed by atoms with E-state index >= 15 is 0 Å². The molecule has 10 rings (SSSR count). The van der Waals surface area contributed by atoms with E-state index in [2.05, 4.69) is 138 Å². The van der Waals surface area contributed by atoms with Gasteiger partial charge in [0.05, 0.1) is 0 Å². The predicted octanol–water partition coefficient (Wildman–Crippen LogP) is 13.1. The van der Waals surface area contributed by atoms with Crippen LogP contribution in [0.25, 0.3) is 78.0 Å². The van der Waals surface area contributed by atoms with Gasteiger partial charge in [-0.05, 0) is 76.5 Å². The molecule has 0 radical (unpaired) electrons. The number of fused-ring (bicyclic) bond motifs is 4. The molecular formula is C49H32N4O. The Hall–Kier alpha value is -7.37. The lowest BCUT2D eigenvalue weighted by Crippen LogP contribution is -2.09. The van der Waals surface area contributed by atoms with Crippen molar-refractivity contribution in [3.8, 4) is 45.3 Å². The maximum Gasteiger partial charge on any atom is 0.164 e. The number of anilines is 3. The van der Waals surface area contributed by atoms with Crippen molar-refractivity contribution in [2.24, 2.45) is 0 Å². The van der Waals surface area contributed by atoms with Gasteiger partial charge in [0.2, 0.25) is 0 Å². The lowest BCUT2D eigenvalue weighted by atomic mass is 10.0. The van der Waals surface area contributed by atoms with Crippen LogP contribution in [-0.2, 0) is 0 Å². The molecule has 0 aliphatic heterocycles. The average molecular weight is 693 g/mol. The molecule has 0 unspecified atom stereocenters. The summed E-state index contributed by atoms with van der Waals surface area (Å²) in [5.74, 6) is 1.84. The zero-order valence-electron chi connectivity index (χ0n) is 29.2. The van der Waals surface area contributed by atoms with E-state index in [1.54, 1.807) is 0 Å². The third-order valence-corrected chi connectivity index (χ3v) is 9.92. The fraction of sp³-hybridized carbons (Fsp3) is 0. The van der Waals surface area contributed by atoms with Gasteiger partial charge in [0, 0.05) is 44.5 Å². The van der Waals surface area contributed by atoms with E-state index in [1.165, 1.54) is 11.1 Å². The second-order valence-electron chi connectivity index (χ2n) is 13.3. The van der Waals surface area contributed by atoms with Crippen molar-refractivity contribution in [2.45, 2.75) is 0 Å². The zero-order valence-corrected chi connectivity index (χ0v) is 29.2. The molecule has 0 aliphatic carbocycles. The molecule has 0 bridgehead atoms. The molecule has 54 heavy (non-hydrogen) atoms. The third-order valence-electron chi connectivity index (χ3n) is 9.92. The first-order chi connectivity index (χ1) is 26.7. The molecule has 10 aromatic rings. The standard InChI is InChI=1S/C49H32N4O/c1-4-13-33(14-5-1)34-23-26-39(27-24-34)53(38-19-8-3-9-20-38)40-28-30-45-44(32-40)42-29-25-37(31-46(42)54-45)48-50-47(36-16-6-2-7-17-36)51-49(52-48)43-22-12-18-35-15-10-11-21-41(35)43/h1-32H. The van der Waals surface area contributed by atoms with Crippen LogP contribution in [0.3, 0.4) is 0 Å². The molecule has 0 atom stereocenters. The van der Waals surface area contributed by atoms with Crippen LogP contribution < -0.4 is 4.90 Å². The van der Waals surface area contributed by atoms with Crippen LogP contribution in [0.15, 0.2) is 199 Å². The number of aromatic nitrogens is 3. The van der Waals surface area contributed by atoms with Gasteiger partial charge < -0.3 is 9.32 Å². The fourth-order valence-corrected chi connectivity index (χ4v) is 7.26. The predicted molar refractivity (Wildman–Crippen MR) is 221 cm³/mol. The van der Waals surface area contributed by atoms with E-state index in [0.717, 1.165) is 66.5 Å². The number of rotatable bonds is 7. The Morgan fingerprint density at radius 1 is 0.333 bits per heavy atom. The van der Waals surface area contributed by atoms with Crippen molar-refractivity contribution in [1.82, 2.24) is 15.0 Å². The van der Waals surface area contributed by atoms with Gasteiger partial charge in [-0.15, -0.1) is 0 Å². The molecule has 2 aromatic heterocycles. The second kappa shape index (κ2) is 13.3. The lowest BCUT2D eigenvalue weighted by Gasteiger charge is -2.25. The molecular weight excluding hydrogens is 661 g/mol. The highest BCUT2D eigenvalue weighted by Crippen LogP contribution is 2.40. The molecule has 254 valence electrons. The van der Waals surface area contributed by atoms with Crippen molar-refractivity contribution < 1.29 is 4.42 Å². The smallest absolute Gasteiger partial charge is 0.164 e. The summed E-state index contributed by atoms with van der Waals surface area (Å²) in [6.07, 6.45) is 0. The summed E-state index contributed by atoms with van der Waals surface area (Å²) in [5, 5.41) is 4.29. The van der Waals surface area contributed by atoms with Crippen LogP contribution >= 0.6 is 0 Å². The highest BCUT2D eigenvalue weighted by Gasteiger charge is 2.18. The van der Waals surface area contributed by atoms with Crippen LogP contribution in [-0.4, -0.2) is 15.0 Å². The molecule has 2 heterocycles. The number of benzene rings is 8. The Morgan fingerprint density at radius 3 is 1.69 bits per heavy atom. The Bertz CT molecular complexity index is 2920. The zero-order chi connectivity index (χ0) is 35.8. The Kier molecular flexibility index (Phi) is 7.73. The molecule has 0 aliphatic rings. The number of nitrogens with zero attached hydrogens (tertiary/aromatic N) is 4. The van der Waals surface area contributed by atoms with Crippen LogP contribution in [0.2, 0.25) is 0 Å². The average Bonchev–Trinajstić information content (AvgIpc) is 3.62. The quantitative estimate of drug-likeness (QED) is 0.166. The molecule has 5 heteroatoms. The molecule has 0 saturated heterocycles. The Balaban J connectivity index is 1.07. The molecule has 8 aromatic carbocycles. The lowest BCUT2D eigenvalue weighted by molar-refractivity contribution is 0.669. The van der Waals surface area contributed by atoms with Gasteiger partial charge in [0.15, 0.2) is 17.5 Å². The van der Waals surface area contributed by atoms with Crippen LogP contribution in [0.4, 0.5) is 17.1 Å². The fourth-order valence-electron chi connectivity index (χ4n) is 7.26. The first-order valence-corrected chi connectivity index (χ1v) is 18.0. The summed E-state index contributed by atoms with van der Waals surface area (Å²) in [5.41, 5.74) is 9.89. The molecule has 5 nitrogen and oxygen atoms in total. The summed E-state index contributed by atoms with van der Waals surface area (Å²) in [6, 6.07) is 67.0. The van der Waals surface area contributed by atoms with Crippen molar-refractivity contribution in [2.75, 3.05) is 4.90 Å². The highest BCUT2D eigenvalue weighted by atomic mass is 16.3. The molecule has 0 saturated carbocycles. The second-order valence-corrected chi connectivity index (χ2v) is 13.3. The van der Waals surface area contributed by atoms with Gasteiger partial charge in [0.1, 0.15) is 11.2 Å². The monoisotopic (exact) mass is 692 g/mol. The van der Waals surface area contributed by atoms with Gasteiger partial charge >= 0.3 is 0 Å². The van der Waals surface area contributed by atoms with E-state index in [1.807, 2.05) is 60.7 Å². The minimum Gasteiger partial charge on any atom is -0.456 e. The van der Waals surface area contributed by atoms with Gasteiger partial charge in [-0.3, -0.25) is 0 Å². The number of hydrogen-bond donors (Lipinski definition) is 0. The molecule has 0 spiro atoms. The summed E-state index contributed by atoms with van der Waals surface area (Å²) >= 11 is 0. The third kappa shape index (κ3) is 5.74. The first-order valence-electron chi connectivity index (χ1n) is 18.0. The SMILES string of the molecule is c1ccc(-c2ccc(N(c3ccccc3)c3ccc4oc5cc(-c6nc(-c7ccccc7)nc(-c7cccc8ccccc78)n6)ccc5c4c3)cc2)cc1. The van der Waals surface area contributed by atoms with Gasteiger partial charge in [-0.25, -0.2) is 15.0 Å². The maximum absolute atomic E-state index is 6.52. The van der Waals surface area contributed by atoms with E-state index in [4.69, 9.17) is 19.4 Å². The first kappa shape index (κ1) is 31.4. The molecule has 0 fully saturated rings. The summed E-state index contributed by atoms with van der Waals surface area (Å²) in [7, 11) is 0. The van der Waals surface area contributed by atoms with E-state index in [0.29, 0.717) is 17.5 Å². The van der Waals surface area contributed by atoms with Crippen molar-refractivity contribution in [1.29, 1.82) is 0 Å². The van der Waals surface area contributed by atoms with Crippen molar-refractivity contribution >= 4 is 49.8 Å². The van der Waals surface area contributed by atoms with Gasteiger partial charge in [-0.1, -0.05) is 140 Å². The van der Waals surface area contributed by atoms with E-state index in [-0.39, 0.29) is 0 Å². The van der Waals surface area contributed by atoms with E-state index in [9.17, 15) is 0 Å². The Labute approximate surface area is 312 Å². The van der Waals surface area contributed by atoms with Gasteiger partial charge in [0.25, 0.3) is 0 Å². The largest absolute Gasteiger partial charge is 0.456 e.